The van der Waals surface area contributed by atoms with Gasteiger partial charge in [0, 0.05) is 13.2 Å². The molecule has 0 aliphatic rings. The fourth-order valence-electron chi connectivity index (χ4n) is 5.75. The van der Waals surface area contributed by atoms with Crippen LogP contribution in [0.5, 0.6) is 0 Å². The molecule has 0 radical (unpaired) electrons. The first kappa shape index (κ1) is 48.9. The number of aliphatic hydroxyl groups is 3. The Kier molecular flexibility index (Phi) is 49.8. The second-order valence-electron chi connectivity index (χ2n) is 13.8. The van der Waals surface area contributed by atoms with Crippen molar-refractivity contribution in [2.75, 3.05) is 52.9 Å². The zero-order valence-electron chi connectivity index (χ0n) is 32.0. The molecule has 0 saturated carbocycles. The number of aliphatic hydroxyl groups excluding tert-OH is 3. The number of hydrogen-bond acceptors (Lipinski definition) is 6. The van der Waals surface area contributed by atoms with Gasteiger partial charge in [0.2, 0.25) is 0 Å². The molecule has 0 aromatic carbocycles. The molecule has 6 heteroatoms. The molecule has 3 N–H and O–H groups in total. The monoisotopic (exact) mass is 675 g/mol. The summed E-state index contributed by atoms with van der Waals surface area (Å²) in [6.07, 6.45) is 41.3. The smallest absolute Gasteiger partial charge is 0.100 e. The average Bonchev–Trinajstić information content (AvgIpc) is 3.09. The minimum atomic E-state index is -0.954. The van der Waals surface area contributed by atoms with Crippen LogP contribution in [0.1, 0.15) is 206 Å². The van der Waals surface area contributed by atoms with E-state index >= 15 is 0 Å². The Labute approximate surface area is 294 Å². The van der Waals surface area contributed by atoms with E-state index in [1.54, 1.807) is 0 Å². The molecule has 0 rings (SSSR count). The average molecular weight is 675 g/mol. The van der Waals surface area contributed by atoms with Crippen LogP contribution in [0.3, 0.4) is 0 Å². The summed E-state index contributed by atoms with van der Waals surface area (Å²) in [5.74, 6) is 0. The molecule has 0 heterocycles. The zero-order chi connectivity index (χ0) is 34.6. The molecule has 0 aliphatic heterocycles. The normalized spacial score (nSPS) is 11.4. The fourth-order valence-corrected chi connectivity index (χ4v) is 5.75. The van der Waals surface area contributed by atoms with Crippen molar-refractivity contribution in [2.45, 2.75) is 213 Å². The van der Waals surface area contributed by atoms with E-state index < -0.39 is 6.10 Å². The first-order valence-corrected chi connectivity index (χ1v) is 20.9. The minimum absolute atomic E-state index is 0.365. The summed E-state index contributed by atoms with van der Waals surface area (Å²) in [6, 6.07) is 0. The van der Waals surface area contributed by atoms with E-state index in [1.807, 2.05) is 0 Å². The Balaban J connectivity index is 0. The maximum Gasteiger partial charge on any atom is 0.100 e. The van der Waals surface area contributed by atoms with Gasteiger partial charge in [-0.25, -0.2) is 0 Å². The molecule has 0 aromatic rings. The van der Waals surface area contributed by atoms with Gasteiger partial charge in [0.1, 0.15) is 6.10 Å². The molecule has 286 valence electrons. The maximum atomic E-state index is 8.17. The fraction of sp³-hybridized carbons (Fsp3) is 1.00. The first-order chi connectivity index (χ1) is 23.2. The van der Waals surface area contributed by atoms with Crippen molar-refractivity contribution in [3.63, 3.8) is 0 Å². The number of ether oxygens (including phenoxy) is 3. The summed E-state index contributed by atoms with van der Waals surface area (Å²) in [6.45, 7) is 8.47. The lowest BCUT2D eigenvalue weighted by molar-refractivity contribution is 0.0132. The van der Waals surface area contributed by atoms with E-state index in [4.69, 9.17) is 29.5 Å². The molecule has 0 spiro atoms. The van der Waals surface area contributed by atoms with E-state index in [1.165, 1.54) is 193 Å². The van der Waals surface area contributed by atoms with Crippen LogP contribution in [0.25, 0.3) is 0 Å². The summed E-state index contributed by atoms with van der Waals surface area (Å²) in [7, 11) is 0. The number of unbranched alkanes of at least 4 members (excludes halogenated alkanes) is 28. The SMILES string of the molecule is CCCCCCCCCCCCCCCCCOCCOCCOCCCCCCCCCCCCCCCCC.OCC(O)CO. The van der Waals surface area contributed by atoms with Gasteiger partial charge in [-0.15, -0.1) is 0 Å². The molecular formula is C41H86O6. The summed E-state index contributed by atoms with van der Waals surface area (Å²) >= 11 is 0. The van der Waals surface area contributed by atoms with Crippen LogP contribution < -0.4 is 0 Å². The lowest BCUT2D eigenvalue weighted by Gasteiger charge is -2.07. The van der Waals surface area contributed by atoms with Gasteiger partial charge in [0.15, 0.2) is 0 Å². The Bertz CT molecular complexity index is 464. The van der Waals surface area contributed by atoms with E-state index in [0.29, 0.717) is 13.2 Å². The van der Waals surface area contributed by atoms with Gasteiger partial charge < -0.3 is 29.5 Å². The highest BCUT2D eigenvalue weighted by Crippen LogP contribution is 2.14. The topological polar surface area (TPSA) is 88.4 Å². The van der Waals surface area contributed by atoms with Crippen molar-refractivity contribution in [2.24, 2.45) is 0 Å². The third-order valence-electron chi connectivity index (χ3n) is 8.95. The van der Waals surface area contributed by atoms with E-state index in [0.717, 1.165) is 26.4 Å². The molecule has 6 nitrogen and oxygen atoms in total. The minimum Gasteiger partial charge on any atom is -0.394 e. The third-order valence-corrected chi connectivity index (χ3v) is 8.95. The van der Waals surface area contributed by atoms with Crippen molar-refractivity contribution < 1.29 is 29.5 Å². The molecular weight excluding hydrogens is 588 g/mol. The standard InChI is InChI=1S/C38H78O3.C3H8O3/c1-3-5-7-9-11-13-15-17-19-21-23-25-27-29-31-33-39-35-37-41-38-36-40-34-32-30-28-26-24-22-20-18-16-14-12-10-8-6-4-2;4-1-3(6)2-5/h3-38H2,1-2H3;3-6H,1-2H2. The van der Waals surface area contributed by atoms with Crippen LogP contribution in [-0.2, 0) is 14.2 Å². The molecule has 0 bridgehead atoms. The van der Waals surface area contributed by atoms with Gasteiger partial charge in [0.05, 0.1) is 39.6 Å². The Morgan fingerprint density at radius 1 is 0.298 bits per heavy atom. The lowest BCUT2D eigenvalue weighted by Crippen LogP contribution is -2.15. The summed E-state index contributed by atoms with van der Waals surface area (Å²) in [5, 5.41) is 24.0. The van der Waals surface area contributed by atoms with Gasteiger partial charge in [-0.1, -0.05) is 194 Å². The molecule has 0 saturated heterocycles. The van der Waals surface area contributed by atoms with Crippen molar-refractivity contribution in [1.29, 1.82) is 0 Å². The summed E-state index contributed by atoms with van der Waals surface area (Å²) in [4.78, 5) is 0. The molecule has 0 amide bonds. The molecule has 0 aromatic heterocycles. The van der Waals surface area contributed by atoms with Crippen LogP contribution in [0, 0.1) is 0 Å². The second kappa shape index (κ2) is 47.9. The van der Waals surface area contributed by atoms with E-state index in [9.17, 15) is 0 Å². The molecule has 0 unspecified atom stereocenters. The van der Waals surface area contributed by atoms with E-state index in [-0.39, 0.29) is 13.2 Å². The van der Waals surface area contributed by atoms with Crippen LogP contribution in [0.15, 0.2) is 0 Å². The van der Waals surface area contributed by atoms with Crippen LogP contribution in [0.2, 0.25) is 0 Å². The lowest BCUT2D eigenvalue weighted by atomic mass is 10.0. The van der Waals surface area contributed by atoms with Gasteiger partial charge in [-0.3, -0.25) is 0 Å². The van der Waals surface area contributed by atoms with Gasteiger partial charge in [0.25, 0.3) is 0 Å². The van der Waals surface area contributed by atoms with Gasteiger partial charge in [-0.05, 0) is 12.8 Å². The highest BCUT2D eigenvalue weighted by atomic mass is 16.5. The quantitative estimate of drug-likeness (QED) is 0.0561. The number of hydrogen-bond donors (Lipinski definition) is 3. The Hall–Kier alpha value is -0.240. The highest BCUT2D eigenvalue weighted by Gasteiger charge is 1.98. The molecule has 0 aliphatic carbocycles. The van der Waals surface area contributed by atoms with E-state index in [2.05, 4.69) is 13.8 Å². The summed E-state index contributed by atoms with van der Waals surface area (Å²) in [5.41, 5.74) is 0. The van der Waals surface area contributed by atoms with Crippen molar-refractivity contribution in [3.05, 3.63) is 0 Å². The van der Waals surface area contributed by atoms with Crippen LogP contribution in [-0.4, -0.2) is 74.3 Å². The molecule has 0 fully saturated rings. The highest BCUT2D eigenvalue weighted by molar-refractivity contribution is 4.51. The summed E-state index contributed by atoms with van der Waals surface area (Å²) < 4.78 is 17.1. The molecule has 0 atom stereocenters. The number of rotatable bonds is 40. The second-order valence-corrected chi connectivity index (χ2v) is 13.8. The van der Waals surface area contributed by atoms with Crippen molar-refractivity contribution in [1.82, 2.24) is 0 Å². The predicted molar refractivity (Wildman–Crippen MR) is 202 cm³/mol. The maximum absolute atomic E-state index is 8.17. The Morgan fingerprint density at radius 2 is 0.489 bits per heavy atom. The zero-order valence-corrected chi connectivity index (χ0v) is 32.0. The van der Waals surface area contributed by atoms with Crippen molar-refractivity contribution >= 4 is 0 Å². The van der Waals surface area contributed by atoms with Crippen LogP contribution in [0.4, 0.5) is 0 Å². The van der Waals surface area contributed by atoms with Gasteiger partial charge >= 0.3 is 0 Å². The Morgan fingerprint density at radius 3 is 0.681 bits per heavy atom. The van der Waals surface area contributed by atoms with Crippen LogP contribution >= 0.6 is 0 Å². The predicted octanol–water partition coefficient (Wildman–Crippen LogP) is 11.1. The van der Waals surface area contributed by atoms with Crippen molar-refractivity contribution in [3.8, 4) is 0 Å². The molecule has 47 heavy (non-hydrogen) atoms. The largest absolute Gasteiger partial charge is 0.394 e. The third kappa shape index (κ3) is 50.2. The van der Waals surface area contributed by atoms with Gasteiger partial charge in [-0.2, -0.15) is 0 Å². The first-order valence-electron chi connectivity index (χ1n) is 20.9.